The highest BCUT2D eigenvalue weighted by Crippen LogP contribution is 2.29. The van der Waals surface area contributed by atoms with Crippen molar-refractivity contribution in [1.82, 2.24) is 0 Å². The highest BCUT2D eigenvalue weighted by molar-refractivity contribution is 14.3. The maximum atomic E-state index is 5.48. The Morgan fingerprint density at radius 1 is 1.00 bits per heavy atom. The molecule has 0 aliphatic heterocycles. The van der Waals surface area contributed by atoms with Crippen LogP contribution in [0.4, 0.5) is 0 Å². The summed E-state index contributed by atoms with van der Waals surface area (Å²) in [6.07, 6.45) is 8.33. The number of rotatable bonds is 8. The van der Waals surface area contributed by atoms with Crippen molar-refractivity contribution >= 4 is 46.9 Å². The Hall–Kier alpha value is 1.64. The Balaban J connectivity index is 3.16. The van der Waals surface area contributed by atoms with Crippen LogP contribution in [0.25, 0.3) is 0 Å². The van der Waals surface area contributed by atoms with Gasteiger partial charge in [0, 0.05) is 7.11 Å². The zero-order valence-electron chi connectivity index (χ0n) is 8.61. The van der Waals surface area contributed by atoms with Gasteiger partial charge in [0.25, 0.3) is 0 Å². The number of hydrogen-bond donors (Lipinski definition) is 0. The first kappa shape index (κ1) is 14.6. The summed E-state index contributed by atoms with van der Waals surface area (Å²) in [5, 5.41) is 0. The number of halogens is 2. The van der Waals surface area contributed by atoms with Crippen LogP contribution in [-0.4, -0.2) is 10.4 Å². The van der Waals surface area contributed by atoms with Crippen LogP contribution in [0, 0.1) is 0 Å². The largest absolute Gasteiger partial charge is 0.403 e. The predicted octanol–water partition coefficient (Wildman–Crippen LogP) is 4.80. The van der Waals surface area contributed by atoms with Gasteiger partial charge in [-0.05, 0) is 6.04 Å². The van der Waals surface area contributed by atoms with E-state index in [-0.39, 0.29) is 0 Å². The van der Waals surface area contributed by atoms with Gasteiger partial charge in [-0.3, -0.25) is 0 Å². The van der Waals surface area contributed by atoms with Gasteiger partial charge in [-0.25, -0.2) is 0 Å². The molecule has 0 spiro atoms. The first-order chi connectivity index (χ1) is 6.12. The summed E-state index contributed by atoms with van der Waals surface area (Å²) in [5.74, 6) is 0. The standard InChI is InChI=1S/C9H20I2OSi/c1-3-4-5-6-7-8-9-13(10,11)12-2/h3-9H2,1-2H3. The van der Waals surface area contributed by atoms with E-state index in [1.807, 2.05) is 7.11 Å². The summed E-state index contributed by atoms with van der Waals surface area (Å²) in [5.41, 5.74) is 0. The van der Waals surface area contributed by atoms with Crippen molar-refractivity contribution in [2.24, 2.45) is 0 Å². The van der Waals surface area contributed by atoms with Gasteiger partial charge in [0.2, 0.25) is 0 Å². The second-order valence-corrected chi connectivity index (χ2v) is 22.2. The molecule has 13 heavy (non-hydrogen) atoms. The van der Waals surface area contributed by atoms with Crippen LogP contribution >= 0.6 is 43.6 Å². The molecular weight excluding hydrogens is 406 g/mol. The Bertz CT molecular complexity index is 120. The Morgan fingerprint density at radius 3 is 2.08 bits per heavy atom. The predicted molar refractivity (Wildman–Crippen MR) is 79.0 cm³/mol. The van der Waals surface area contributed by atoms with Gasteiger partial charge in [0.1, 0.15) is 0 Å². The molecular formula is C9H20I2OSi. The molecule has 0 N–H and O–H groups in total. The molecule has 0 fully saturated rings. The lowest BCUT2D eigenvalue weighted by Gasteiger charge is -2.14. The van der Waals surface area contributed by atoms with Crippen molar-refractivity contribution < 1.29 is 4.43 Å². The monoisotopic (exact) mass is 426 g/mol. The third kappa shape index (κ3) is 9.93. The first-order valence-corrected chi connectivity index (χ1v) is 13.4. The van der Waals surface area contributed by atoms with Gasteiger partial charge in [-0.1, -0.05) is 89.0 Å². The van der Waals surface area contributed by atoms with Crippen molar-refractivity contribution in [2.75, 3.05) is 7.11 Å². The second-order valence-electron chi connectivity index (χ2n) is 3.36. The molecule has 0 heterocycles. The van der Waals surface area contributed by atoms with Gasteiger partial charge in [0.05, 0.1) is 0 Å². The average molecular weight is 426 g/mol. The fraction of sp³-hybridized carbons (Fsp3) is 1.00. The minimum Gasteiger partial charge on any atom is -0.403 e. The number of hydrogen-bond acceptors (Lipinski definition) is 1. The van der Waals surface area contributed by atoms with Crippen LogP contribution in [0.1, 0.15) is 45.4 Å². The average Bonchev–Trinajstić information content (AvgIpc) is 2.11. The highest BCUT2D eigenvalue weighted by Gasteiger charge is 2.25. The highest BCUT2D eigenvalue weighted by atomic mass is 127. The van der Waals surface area contributed by atoms with Crippen LogP contribution in [0.3, 0.4) is 0 Å². The molecule has 0 bridgehead atoms. The van der Waals surface area contributed by atoms with Crippen LogP contribution < -0.4 is 0 Å². The summed E-state index contributed by atoms with van der Waals surface area (Å²) < 4.78 is 4.17. The Morgan fingerprint density at radius 2 is 1.54 bits per heavy atom. The second kappa shape index (κ2) is 8.91. The van der Waals surface area contributed by atoms with Gasteiger partial charge in [-0.15, -0.1) is 0 Å². The summed E-state index contributed by atoms with van der Waals surface area (Å²) >= 11 is 5.02. The van der Waals surface area contributed by atoms with Gasteiger partial charge < -0.3 is 4.43 Å². The topological polar surface area (TPSA) is 9.23 Å². The molecule has 0 aliphatic rings. The maximum absolute atomic E-state index is 5.48. The van der Waals surface area contributed by atoms with E-state index in [0.29, 0.717) is 0 Å². The molecule has 0 aliphatic carbocycles. The molecule has 0 aromatic carbocycles. The lowest BCUT2D eigenvalue weighted by molar-refractivity contribution is 0.433. The summed E-state index contributed by atoms with van der Waals surface area (Å²) in [6.45, 7) is 2.26. The van der Waals surface area contributed by atoms with Crippen LogP contribution in [0.15, 0.2) is 0 Å². The summed E-state index contributed by atoms with van der Waals surface area (Å²) in [7, 11) is 1.85. The minimum absolute atomic E-state index is 1.30. The van der Waals surface area contributed by atoms with Crippen LogP contribution in [0.5, 0.6) is 0 Å². The van der Waals surface area contributed by atoms with Crippen LogP contribution in [-0.2, 0) is 4.43 Å². The van der Waals surface area contributed by atoms with Crippen molar-refractivity contribution in [3.05, 3.63) is 0 Å². The molecule has 0 aromatic rings. The van der Waals surface area contributed by atoms with E-state index in [1.54, 1.807) is 0 Å². The Labute approximate surface area is 109 Å². The zero-order valence-corrected chi connectivity index (χ0v) is 13.9. The fourth-order valence-electron chi connectivity index (χ4n) is 1.21. The minimum atomic E-state index is -1.31. The molecule has 0 amide bonds. The first-order valence-electron chi connectivity index (χ1n) is 5.05. The van der Waals surface area contributed by atoms with Crippen molar-refractivity contribution in [2.45, 2.75) is 51.5 Å². The summed E-state index contributed by atoms with van der Waals surface area (Å²) in [6, 6.07) is 1.30. The van der Waals surface area contributed by atoms with Crippen molar-refractivity contribution in [1.29, 1.82) is 0 Å². The summed E-state index contributed by atoms with van der Waals surface area (Å²) in [4.78, 5) is 0. The molecule has 0 radical (unpaired) electrons. The van der Waals surface area contributed by atoms with E-state index >= 15 is 0 Å². The van der Waals surface area contributed by atoms with E-state index in [2.05, 4.69) is 50.5 Å². The van der Waals surface area contributed by atoms with E-state index < -0.39 is 3.31 Å². The molecule has 0 unspecified atom stereocenters. The smallest absolute Gasteiger partial charge is 0.325 e. The van der Waals surface area contributed by atoms with Crippen LogP contribution in [0.2, 0.25) is 6.04 Å². The van der Waals surface area contributed by atoms with E-state index in [1.165, 1.54) is 44.6 Å². The molecule has 0 saturated heterocycles. The van der Waals surface area contributed by atoms with Gasteiger partial charge in [0.15, 0.2) is 0 Å². The van der Waals surface area contributed by atoms with Crippen molar-refractivity contribution in [3.63, 3.8) is 0 Å². The molecule has 0 saturated carbocycles. The normalized spacial score (nSPS) is 12.0. The molecule has 0 atom stereocenters. The molecule has 1 nitrogen and oxygen atoms in total. The molecule has 4 heteroatoms. The molecule has 0 rings (SSSR count). The van der Waals surface area contributed by atoms with Gasteiger partial charge in [-0.2, -0.15) is 0 Å². The van der Waals surface area contributed by atoms with E-state index in [4.69, 9.17) is 4.43 Å². The van der Waals surface area contributed by atoms with E-state index in [0.717, 1.165) is 0 Å². The lowest BCUT2D eigenvalue weighted by atomic mass is 10.1. The Kier molecular flexibility index (Phi) is 10.0. The third-order valence-electron chi connectivity index (χ3n) is 2.12. The maximum Gasteiger partial charge on any atom is 0.325 e. The number of unbranched alkanes of at least 4 members (excludes halogenated alkanes) is 5. The van der Waals surface area contributed by atoms with E-state index in [9.17, 15) is 0 Å². The fourth-order valence-corrected chi connectivity index (χ4v) is 4.37. The quantitative estimate of drug-likeness (QED) is 0.235. The van der Waals surface area contributed by atoms with Crippen molar-refractivity contribution in [3.8, 4) is 0 Å². The zero-order chi connectivity index (χ0) is 10.2. The lowest BCUT2D eigenvalue weighted by Crippen LogP contribution is -2.19. The third-order valence-corrected chi connectivity index (χ3v) is 9.53. The molecule has 80 valence electrons. The van der Waals surface area contributed by atoms with Gasteiger partial charge >= 0.3 is 3.31 Å². The molecule has 0 aromatic heterocycles. The SMILES string of the molecule is CCCCCCCC[Si](I)(I)OC.